The van der Waals surface area contributed by atoms with Crippen LogP contribution in [0.25, 0.3) is 0 Å². The highest BCUT2D eigenvalue weighted by Crippen LogP contribution is 2.32. The molecule has 1 aromatic heterocycles. The van der Waals surface area contributed by atoms with E-state index in [1.54, 1.807) is 7.11 Å². The van der Waals surface area contributed by atoms with Gasteiger partial charge in [0.25, 0.3) is 0 Å². The van der Waals surface area contributed by atoms with Crippen molar-refractivity contribution in [2.75, 3.05) is 25.1 Å². The lowest BCUT2D eigenvalue weighted by Crippen LogP contribution is -2.19. The Morgan fingerprint density at radius 2 is 2.12 bits per heavy atom. The summed E-state index contributed by atoms with van der Waals surface area (Å²) in [5.74, 6) is 1.37. The maximum absolute atomic E-state index is 11.0. The first-order chi connectivity index (χ1) is 8.15. The summed E-state index contributed by atoms with van der Waals surface area (Å²) in [6, 6.07) is 0. The first kappa shape index (κ1) is 12.5. The van der Waals surface area contributed by atoms with E-state index >= 15 is 0 Å². The molecule has 0 aromatic carbocycles. The van der Waals surface area contributed by atoms with Crippen LogP contribution >= 0.6 is 11.3 Å². The number of carbonyl (C=O) groups excluding carboxylic acids is 1. The average molecular weight is 254 g/mol. The molecular formula is C12H18N2O2S. The van der Waals surface area contributed by atoms with Crippen LogP contribution in [0.5, 0.6) is 0 Å². The van der Waals surface area contributed by atoms with Crippen LogP contribution in [0.4, 0.5) is 5.13 Å². The van der Waals surface area contributed by atoms with Gasteiger partial charge in [0.1, 0.15) is 0 Å². The molecule has 0 bridgehead atoms. The lowest BCUT2D eigenvalue weighted by Gasteiger charge is -2.13. The molecule has 5 heteroatoms. The van der Waals surface area contributed by atoms with E-state index in [1.807, 2.05) is 0 Å². The molecule has 1 aliphatic rings. The molecule has 94 valence electrons. The second-order valence-electron chi connectivity index (χ2n) is 4.72. The Kier molecular flexibility index (Phi) is 3.79. The summed E-state index contributed by atoms with van der Waals surface area (Å²) < 4.78 is 5.06. The Labute approximate surface area is 106 Å². The summed E-state index contributed by atoms with van der Waals surface area (Å²) in [6.45, 7) is 6.98. The van der Waals surface area contributed by atoms with Gasteiger partial charge in [0.15, 0.2) is 11.4 Å². The standard InChI is InChI=1S/C12H18N2O2S/c1-8-4-14(5-9(8)2)12-13-10(7-16-3)11(6-15)17-12/h6,8-9H,4-5,7H2,1-3H3. The minimum atomic E-state index is 0.406. The van der Waals surface area contributed by atoms with Crippen LogP contribution in [0.15, 0.2) is 0 Å². The summed E-state index contributed by atoms with van der Waals surface area (Å²) in [5, 5.41) is 0.954. The van der Waals surface area contributed by atoms with Crippen molar-refractivity contribution >= 4 is 22.8 Å². The molecular weight excluding hydrogens is 236 g/mol. The first-order valence-corrected chi connectivity index (χ1v) is 6.66. The number of aldehydes is 1. The number of aromatic nitrogens is 1. The van der Waals surface area contributed by atoms with Crippen LogP contribution in [0, 0.1) is 11.8 Å². The molecule has 0 saturated carbocycles. The number of methoxy groups -OCH3 is 1. The molecule has 2 unspecified atom stereocenters. The van der Waals surface area contributed by atoms with Gasteiger partial charge in [-0.1, -0.05) is 25.2 Å². The number of ether oxygens (including phenoxy) is 1. The summed E-state index contributed by atoms with van der Waals surface area (Å²) in [4.78, 5) is 18.4. The SMILES string of the molecule is COCc1nc(N2CC(C)C(C)C2)sc1C=O. The molecule has 2 rings (SSSR count). The maximum atomic E-state index is 11.0. The molecule has 0 spiro atoms. The van der Waals surface area contributed by atoms with Crippen LogP contribution in [0.2, 0.25) is 0 Å². The summed E-state index contributed by atoms with van der Waals surface area (Å²) in [7, 11) is 1.62. The molecule has 2 heterocycles. The molecule has 1 fully saturated rings. The molecule has 0 amide bonds. The third-order valence-electron chi connectivity index (χ3n) is 3.36. The van der Waals surface area contributed by atoms with Gasteiger partial charge in [-0.05, 0) is 11.8 Å². The zero-order valence-corrected chi connectivity index (χ0v) is 11.3. The van der Waals surface area contributed by atoms with E-state index in [9.17, 15) is 4.79 Å². The van der Waals surface area contributed by atoms with Crippen molar-refractivity contribution in [2.24, 2.45) is 11.8 Å². The minimum Gasteiger partial charge on any atom is -0.378 e. The Balaban J connectivity index is 2.19. The van der Waals surface area contributed by atoms with Crippen LogP contribution in [-0.2, 0) is 11.3 Å². The van der Waals surface area contributed by atoms with Crippen molar-refractivity contribution < 1.29 is 9.53 Å². The predicted octanol–water partition coefficient (Wildman–Crippen LogP) is 2.19. The second-order valence-corrected chi connectivity index (χ2v) is 5.73. The topological polar surface area (TPSA) is 42.4 Å². The monoisotopic (exact) mass is 254 g/mol. The van der Waals surface area contributed by atoms with Gasteiger partial charge < -0.3 is 9.64 Å². The van der Waals surface area contributed by atoms with E-state index < -0.39 is 0 Å². The van der Waals surface area contributed by atoms with Gasteiger partial charge in [-0.15, -0.1) is 0 Å². The van der Waals surface area contributed by atoms with Crippen LogP contribution in [0.3, 0.4) is 0 Å². The Hall–Kier alpha value is -0.940. The Bertz CT molecular complexity index is 395. The van der Waals surface area contributed by atoms with Crippen LogP contribution in [-0.4, -0.2) is 31.5 Å². The fourth-order valence-electron chi connectivity index (χ4n) is 2.10. The maximum Gasteiger partial charge on any atom is 0.186 e. The van der Waals surface area contributed by atoms with E-state index in [0.29, 0.717) is 23.3 Å². The van der Waals surface area contributed by atoms with Crippen molar-refractivity contribution in [2.45, 2.75) is 20.5 Å². The fourth-order valence-corrected chi connectivity index (χ4v) is 3.01. The zero-order valence-electron chi connectivity index (χ0n) is 10.5. The van der Waals surface area contributed by atoms with Gasteiger partial charge in [0.2, 0.25) is 0 Å². The smallest absolute Gasteiger partial charge is 0.186 e. The lowest BCUT2D eigenvalue weighted by molar-refractivity contribution is 0.112. The zero-order chi connectivity index (χ0) is 12.4. The first-order valence-electron chi connectivity index (χ1n) is 5.84. The third-order valence-corrected chi connectivity index (χ3v) is 4.45. The minimum absolute atomic E-state index is 0.406. The van der Waals surface area contributed by atoms with Crippen molar-refractivity contribution in [1.29, 1.82) is 0 Å². The second kappa shape index (κ2) is 5.14. The van der Waals surface area contributed by atoms with E-state index in [0.717, 1.165) is 30.2 Å². The number of nitrogens with zero attached hydrogens (tertiary/aromatic N) is 2. The van der Waals surface area contributed by atoms with Gasteiger partial charge >= 0.3 is 0 Å². The third kappa shape index (κ3) is 2.50. The highest BCUT2D eigenvalue weighted by atomic mass is 32.1. The van der Waals surface area contributed by atoms with Crippen LogP contribution in [0.1, 0.15) is 29.2 Å². The molecule has 0 N–H and O–H groups in total. The molecule has 1 aliphatic heterocycles. The molecule has 4 nitrogen and oxygen atoms in total. The largest absolute Gasteiger partial charge is 0.378 e. The molecule has 17 heavy (non-hydrogen) atoms. The normalized spacial score (nSPS) is 24.3. The van der Waals surface area contributed by atoms with E-state index in [2.05, 4.69) is 23.7 Å². The number of hydrogen-bond acceptors (Lipinski definition) is 5. The van der Waals surface area contributed by atoms with Crippen molar-refractivity contribution in [1.82, 2.24) is 4.98 Å². The number of hydrogen-bond donors (Lipinski definition) is 0. The fraction of sp³-hybridized carbons (Fsp3) is 0.667. The molecule has 1 saturated heterocycles. The Morgan fingerprint density at radius 1 is 1.47 bits per heavy atom. The quantitative estimate of drug-likeness (QED) is 0.772. The molecule has 0 radical (unpaired) electrons. The van der Waals surface area contributed by atoms with Gasteiger partial charge in [-0.25, -0.2) is 4.98 Å². The molecule has 2 atom stereocenters. The van der Waals surface area contributed by atoms with Crippen LogP contribution < -0.4 is 4.90 Å². The highest BCUT2D eigenvalue weighted by molar-refractivity contribution is 7.17. The van der Waals surface area contributed by atoms with Crippen molar-refractivity contribution in [3.05, 3.63) is 10.6 Å². The van der Waals surface area contributed by atoms with Gasteiger partial charge in [0.05, 0.1) is 17.2 Å². The average Bonchev–Trinajstić information content (AvgIpc) is 2.84. The molecule has 1 aromatic rings. The number of thiazole rings is 1. The van der Waals surface area contributed by atoms with Crippen molar-refractivity contribution in [3.63, 3.8) is 0 Å². The van der Waals surface area contributed by atoms with Gasteiger partial charge in [-0.3, -0.25) is 4.79 Å². The van der Waals surface area contributed by atoms with E-state index in [1.165, 1.54) is 11.3 Å². The van der Waals surface area contributed by atoms with E-state index in [4.69, 9.17) is 4.74 Å². The summed E-state index contributed by atoms with van der Waals surface area (Å²) in [6.07, 6.45) is 0.873. The van der Waals surface area contributed by atoms with Crippen molar-refractivity contribution in [3.8, 4) is 0 Å². The summed E-state index contributed by atoms with van der Waals surface area (Å²) in [5.41, 5.74) is 0.759. The predicted molar refractivity (Wildman–Crippen MR) is 68.8 cm³/mol. The molecule has 0 aliphatic carbocycles. The lowest BCUT2D eigenvalue weighted by atomic mass is 10.0. The van der Waals surface area contributed by atoms with Gasteiger partial charge in [-0.2, -0.15) is 0 Å². The number of rotatable bonds is 4. The number of carbonyl (C=O) groups is 1. The van der Waals surface area contributed by atoms with Gasteiger partial charge in [0, 0.05) is 20.2 Å². The van der Waals surface area contributed by atoms with E-state index in [-0.39, 0.29) is 0 Å². The highest BCUT2D eigenvalue weighted by Gasteiger charge is 2.28. The Morgan fingerprint density at radius 3 is 2.65 bits per heavy atom. The number of anilines is 1. The summed E-state index contributed by atoms with van der Waals surface area (Å²) >= 11 is 1.47.